The van der Waals surface area contributed by atoms with Crippen LogP contribution in [0.1, 0.15) is 5.56 Å². The third kappa shape index (κ3) is 5.26. The number of hydrogen-bond acceptors (Lipinski definition) is 3. The van der Waals surface area contributed by atoms with Gasteiger partial charge in [-0.25, -0.2) is 0 Å². The van der Waals surface area contributed by atoms with Crippen molar-refractivity contribution in [3.05, 3.63) is 42.2 Å². The van der Waals surface area contributed by atoms with Gasteiger partial charge in [0.2, 0.25) is 0 Å². The van der Waals surface area contributed by atoms with Gasteiger partial charge in [-0.3, -0.25) is 0 Å². The summed E-state index contributed by atoms with van der Waals surface area (Å²) in [7, 11) is 0. The van der Waals surface area contributed by atoms with Crippen LogP contribution >= 0.6 is 0 Å². The molecule has 0 unspecified atom stereocenters. The van der Waals surface area contributed by atoms with E-state index in [1.54, 1.807) is 6.08 Å². The van der Waals surface area contributed by atoms with E-state index in [0.29, 0.717) is 0 Å². The van der Waals surface area contributed by atoms with Crippen molar-refractivity contribution in [3.8, 4) is 0 Å². The monoisotopic (exact) mass is 322 g/mol. The molecule has 3 nitrogen and oxygen atoms in total. The molecule has 0 aliphatic heterocycles. The van der Waals surface area contributed by atoms with Gasteiger partial charge in [-0.15, -0.1) is 0 Å². The predicted octanol–water partition coefficient (Wildman–Crippen LogP) is 1.47. The molecule has 1 aromatic rings. The van der Waals surface area contributed by atoms with Gasteiger partial charge in [-0.1, -0.05) is 0 Å². The summed E-state index contributed by atoms with van der Waals surface area (Å²) in [5, 5.41) is -3.21. The Morgan fingerprint density at radius 2 is 1.85 bits per heavy atom. The summed E-state index contributed by atoms with van der Waals surface area (Å²) in [4.78, 5) is 0. The molecule has 0 N–H and O–H groups in total. The first kappa shape index (κ1) is 11.0. The Balaban J connectivity index is 2.61. The molecule has 0 bridgehead atoms. The van der Waals surface area contributed by atoms with Crippen LogP contribution in [0.5, 0.6) is 0 Å². The molecule has 0 aliphatic rings. The molecule has 0 atom stereocenters. The van der Waals surface area contributed by atoms with Gasteiger partial charge in [-0.2, -0.15) is 0 Å². The van der Waals surface area contributed by atoms with Gasteiger partial charge in [-0.05, 0) is 0 Å². The van der Waals surface area contributed by atoms with Crippen molar-refractivity contribution in [1.82, 2.24) is 0 Å². The molecular weight excluding hydrogens is 315 g/mol. The van der Waals surface area contributed by atoms with Gasteiger partial charge in [0, 0.05) is 0 Å². The summed E-state index contributed by atoms with van der Waals surface area (Å²) in [5.74, 6) is 0. The van der Waals surface area contributed by atoms with Crippen LogP contribution in [0.25, 0.3) is 6.08 Å². The molecule has 0 fully saturated rings. The molecule has 0 saturated carbocycles. The zero-order chi connectivity index (χ0) is 9.73. The SMILES string of the molecule is O=[S](=O)([La])OC=Cc1ccccc1. The minimum atomic E-state index is -3.21. The Kier molecular flexibility index (Phi) is 4.18. The standard InChI is InChI=1S/C8H7O3S.La/c9-12(10)11-7-6-8-4-2-1-3-5-8;/h1-7H;. The Hall–Kier alpha value is -0.0952. The van der Waals surface area contributed by atoms with Gasteiger partial charge < -0.3 is 0 Å². The van der Waals surface area contributed by atoms with Gasteiger partial charge in [0.1, 0.15) is 0 Å². The fourth-order valence-corrected chi connectivity index (χ4v) is 1.56. The van der Waals surface area contributed by atoms with Crippen LogP contribution in [0.2, 0.25) is 0 Å². The fourth-order valence-electron chi connectivity index (χ4n) is 0.748. The second-order valence-electron chi connectivity index (χ2n) is 2.30. The zero-order valence-corrected chi connectivity index (χ0v) is 11.2. The molecule has 0 radical (unpaired) electrons. The maximum atomic E-state index is 10.6. The van der Waals surface area contributed by atoms with Crippen LogP contribution < -0.4 is 0 Å². The van der Waals surface area contributed by atoms with Crippen LogP contribution in [0.15, 0.2) is 36.6 Å². The molecule has 0 saturated heterocycles. The number of benzene rings is 1. The first-order chi connectivity index (χ1) is 6.08. The third-order valence-electron chi connectivity index (χ3n) is 1.25. The molecule has 0 aromatic heterocycles. The Labute approximate surface area is 97.0 Å². The number of rotatable bonds is 3. The molecule has 0 aliphatic carbocycles. The van der Waals surface area contributed by atoms with E-state index in [9.17, 15) is 8.42 Å². The summed E-state index contributed by atoms with van der Waals surface area (Å²) in [6, 6.07) is 9.36. The van der Waals surface area contributed by atoms with Crippen LogP contribution in [0, 0.1) is 32.0 Å². The first-order valence-corrected chi connectivity index (χ1v) is 9.42. The van der Waals surface area contributed by atoms with Gasteiger partial charge >= 0.3 is 97.9 Å². The predicted molar refractivity (Wildman–Crippen MR) is 45.5 cm³/mol. The quantitative estimate of drug-likeness (QED) is 0.792. The van der Waals surface area contributed by atoms with Crippen molar-refractivity contribution in [2.45, 2.75) is 0 Å². The molecule has 5 heteroatoms. The average Bonchev–Trinajstić information content (AvgIpc) is 2.04. The second kappa shape index (κ2) is 4.95. The Morgan fingerprint density at radius 3 is 2.38 bits per heavy atom. The van der Waals surface area contributed by atoms with Crippen LogP contribution in [-0.2, 0) is 9.25 Å². The van der Waals surface area contributed by atoms with Crippen molar-refractivity contribution >= 4 is 11.1 Å². The molecule has 0 amide bonds. The second-order valence-corrected chi connectivity index (χ2v) is 8.92. The summed E-state index contributed by atoms with van der Waals surface area (Å²) < 4.78 is 25.7. The van der Waals surface area contributed by atoms with E-state index in [-0.39, 0.29) is 32.0 Å². The van der Waals surface area contributed by atoms with Crippen LogP contribution in [0.4, 0.5) is 0 Å². The minimum absolute atomic E-state index is 0.196. The molecule has 0 spiro atoms. The third-order valence-corrected chi connectivity index (χ3v) is 2.68. The van der Waals surface area contributed by atoms with E-state index in [1.807, 2.05) is 30.3 Å². The molecule has 0 heterocycles. The van der Waals surface area contributed by atoms with Crippen molar-refractivity contribution < 1.29 is 44.6 Å². The maximum absolute atomic E-state index is 10.6. The van der Waals surface area contributed by atoms with Gasteiger partial charge in [0.15, 0.2) is 0 Å². The van der Waals surface area contributed by atoms with Gasteiger partial charge in [0.25, 0.3) is 0 Å². The Bertz CT molecular complexity index is 383. The first-order valence-electron chi connectivity index (χ1n) is 3.50. The average molecular weight is 322 g/mol. The van der Waals surface area contributed by atoms with E-state index in [1.165, 1.54) is 6.26 Å². The van der Waals surface area contributed by atoms with E-state index in [2.05, 4.69) is 4.18 Å². The van der Waals surface area contributed by atoms with E-state index >= 15 is 0 Å². The van der Waals surface area contributed by atoms with Crippen molar-refractivity contribution in [3.63, 3.8) is 0 Å². The molecule has 1 aromatic carbocycles. The van der Waals surface area contributed by atoms with Crippen molar-refractivity contribution in [1.29, 1.82) is 0 Å². The Morgan fingerprint density at radius 1 is 1.23 bits per heavy atom. The van der Waals surface area contributed by atoms with E-state index in [4.69, 9.17) is 0 Å². The van der Waals surface area contributed by atoms with Gasteiger partial charge in [0.05, 0.1) is 0 Å². The summed E-state index contributed by atoms with van der Waals surface area (Å²) >= 11 is -0.196. The fraction of sp³-hybridized carbons (Fsp3) is 0. The zero-order valence-electron chi connectivity index (χ0n) is 6.75. The summed E-state index contributed by atoms with van der Waals surface area (Å²) in [6.45, 7) is 0. The van der Waals surface area contributed by atoms with E-state index in [0.717, 1.165) is 5.56 Å². The molecule has 13 heavy (non-hydrogen) atoms. The topological polar surface area (TPSA) is 43.4 Å². The van der Waals surface area contributed by atoms with Crippen LogP contribution in [0.3, 0.4) is 0 Å². The number of hydrogen-bond donors (Lipinski definition) is 0. The van der Waals surface area contributed by atoms with Crippen LogP contribution in [-0.4, -0.2) is 8.42 Å². The molecule has 1 rings (SSSR count). The summed E-state index contributed by atoms with van der Waals surface area (Å²) in [5.41, 5.74) is 0.913. The van der Waals surface area contributed by atoms with Crippen molar-refractivity contribution in [2.24, 2.45) is 0 Å². The molecule has 66 valence electrons. The summed E-state index contributed by atoms with van der Waals surface area (Å²) in [6.07, 6.45) is 2.81. The normalized spacial score (nSPS) is 11.6. The van der Waals surface area contributed by atoms with Crippen molar-refractivity contribution in [2.75, 3.05) is 0 Å². The van der Waals surface area contributed by atoms with E-state index < -0.39 is 5.07 Å². The molecular formula is C8H7LaO3S.